The summed E-state index contributed by atoms with van der Waals surface area (Å²) in [6.45, 7) is 0. The molecule has 0 aliphatic heterocycles. The van der Waals surface area contributed by atoms with Crippen molar-refractivity contribution in [1.82, 2.24) is 0 Å². The minimum Gasteiger partial charge on any atom is -0.115 e. The molecule has 3 rings (SSSR count). The molecule has 0 nitrogen and oxygen atoms in total. The number of terminal acetylenes is 1. The molecule has 0 saturated heterocycles. The lowest BCUT2D eigenvalue weighted by Crippen LogP contribution is -2.20. The number of hydrogen-bond donors (Lipinski definition) is 0. The van der Waals surface area contributed by atoms with Crippen molar-refractivity contribution in [2.45, 2.75) is 0 Å². The summed E-state index contributed by atoms with van der Waals surface area (Å²) in [5.74, 6) is 2.68. The van der Waals surface area contributed by atoms with Crippen LogP contribution < -0.4 is 15.9 Å². The van der Waals surface area contributed by atoms with Crippen molar-refractivity contribution >= 4 is 23.8 Å². The lowest BCUT2D eigenvalue weighted by atomic mass is 10.2. The molecule has 100 valence electrons. The van der Waals surface area contributed by atoms with Crippen LogP contribution in [-0.2, 0) is 0 Å². The molecule has 3 aromatic carbocycles. The Morgan fingerprint density at radius 1 is 0.571 bits per heavy atom. The van der Waals surface area contributed by atoms with Gasteiger partial charge in [0, 0.05) is 5.56 Å². The van der Waals surface area contributed by atoms with Gasteiger partial charge in [-0.2, -0.15) is 0 Å². The molecule has 1 heteroatoms. The second kappa shape index (κ2) is 6.40. The average molecular weight is 286 g/mol. The van der Waals surface area contributed by atoms with Crippen molar-refractivity contribution in [3.05, 3.63) is 90.5 Å². The summed E-state index contributed by atoms with van der Waals surface area (Å²) in [7, 11) is -0.532. The van der Waals surface area contributed by atoms with Gasteiger partial charge in [-0.1, -0.05) is 78.7 Å². The predicted octanol–water partition coefficient (Wildman–Crippen LogP) is 3.43. The van der Waals surface area contributed by atoms with Crippen molar-refractivity contribution < 1.29 is 0 Å². The SMILES string of the molecule is C#Cc1ccc(P(c2ccccc2)c2ccccc2)cc1. The van der Waals surface area contributed by atoms with Crippen LogP contribution in [0.1, 0.15) is 5.56 Å². The Kier molecular flexibility index (Phi) is 4.15. The summed E-state index contributed by atoms with van der Waals surface area (Å²) in [6, 6.07) is 29.7. The third kappa shape index (κ3) is 3.05. The van der Waals surface area contributed by atoms with Gasteiger partial charge >= 0.3 is 0 Å². The molecule has 0 aromatic heterocycles. The van der Waals surface area contributed by atoms with Gasteiger partial charge in [-0.15, -0.1) is 6.42 Å². The average Bonchev–Trinajstić information content (AvgIpc) is 2.58. The molecular weight excluding hydrogens is 271 g/mol. The zero-order valence-electron chi connectivity index (χ0n) is 11.6. The van der Waals surface area contributed by atoms with Crippen molar-refractivity contribution in [1.29, 1.82) is 0 Å². The second-order valence-electron chi connectivity index (χ2n) is 4.70. The maximum absolute atomic E-state index is 5.45. The molecule has 0 aliphatic carbocycles. The van der Waals surface area contributed by atoms with E-state index in [-0.39, 0.29) is 0 Å². The maximum atomic E-state index is 5.45. The van der Waals surface area contributed by atoms with Crippen molar-refractivity contribution in [2.24, 2.45) is 0 Å². The largest absolute Gasteiger partial charge is 0.115 e. The molecule has 3 aromatic rings. The first-order valence-corrected chi connectivity index (χ1v) is 8.19. The third-order valence-electron chi connectivity index (χ3n) is 3.32. The highest BCUT2D eigenvalue weighted by atomic mass is 31.1. The molecule has 0 bridgehead atoms. The van der Waals surface area contributed by atoms with Crippen LogP contribution >= 0.6 is 7.92 Å². The van der Waals surface area contributed by atoms with Gasteiger partial charge in [-0.05, 0) is 36.0 Å². The molecule has 0 spiro atoms. The summed E-state index contributed by atoms with van der Waals surface area (Å²) in [6.07, 6.45) is 5.45. The molecule has 0 saturated carbocycles. The van der Waals surface area contributed by atoms with Crippen LogP contribution in [0.5, 0.6) is 0 Å². The highest BCUT2D eigenvalue weighted by molar-refractivity contribution is 7.79. The van der Waals surface area contributed by atoms with E-state index in [2.05, 4.69) is 78.7 Å². The minimum absolute atomic E-state index is 0.532. The van der Waals surface area contributed by atoms with E-state index >= 15 is 0 Å². The van der Waals surface area contributed by atoms with E-state index in [0.29, 0.717) is 0 Å². The van der Waals surface area contributed by atoms with E-state index in [9.17, 15) is 0 Å². The molecule has 0 atom stereocenters. The van der Waals surface area contributed by atoms with Crippen LogP contribution in [0.3, 0.4) is 0 Å². The van der Waals surface area contributed by atoms with E-state index in [4.69, 9.17) is 6.42 Å². The number of benzene rings is 3. The topological polar surface area (TPSA) is 0 Å². The fraction of sp³-hybridized carbons (Fsp3) is 0. The van der Waals surface area contributed by atoms with Crippen LogP contribution in [0.25, 0.3) is 0 Å². The number of rotatable bonds is 3. The first kappa shape index (κ1) is 13.6. The lowest BCUT2D eigenvalue weighted by Gasteiger charge is -2.19. The Morgan fingerprint density at radius 2 is 1.00 bits per heavy atom. The van der Waals surface area contributed by atoms with Crippen molar-refractivity contribution in [3.63, 3.8) is 0 Å². The van der Waals surface area contributed by atoms with Gasteiger partial charge in [0.15, 0.2) is 0 Å². The fourth-order valence-electron chi connectivity index (χ4n) is 2.31. The summed E-state index contributed by atoms with van der Waals surface area (Å²) in [5, 5.41) is 4.03. The lowest BCUT2D eigenvalue weighted by molar-refractivity contribution is 1.69. The molecule has 0 amide bonds. The zero-order valence-corrected chi connectivity index (χ0v) is 12.5. The monoisotopic (exact) mass is 286 g/mol. The molecule has 0 fully saturated rings. The van der Waals surface area contributed by atoms with Crippen LogP contribution in [-0.4, -0.2) is 0 Å². The van der Waals surface area contributed by atoms with E-state index in [1.165, 1.54) is 15.9 Å². The van der Waals surface area contributed by atoms with Crippen LogP contribution in [0.2, 0.25) is 0 Å². The Balaban J connectivity index is 2.10. The number of hydrogen-bond acceptors (Lipinski definition) is 0. The maximum Gasteiger partial charge on any atom is 0.0243 e. The van der Waals surface area contributed by atoms with Gasteiger partial charge in [-0.25, -0.2) is 0 Å². The van der Waals surface area contributed by atoms with Crippen molar-refractivity contribution in [3.8, 4) is 12.3 Å². The van der Waals surface area contributed by atoms with Gasteiger partial charge in [0.25, 0.3) is 0 Å². The standard InChI is InChI=1S/C20H15P/c1-2-17-13-15-20(16-14-17)21(18-9-5-3-6-10-18)19-11-7-4-8-12-19/h1,3-16H. The fourth-order valence-corrected chi connectivity index (χ4v) is 4.59. The van der Waals surface area contributed by atoms with Gasteiger partial charge in [-0.3, -0.25) is 0 Å². The highest BCUT2D eigenvalue weighted by Crippen LogP contribution is 2.32. The molecular formula is C20H15P. The normalized spacial score (nSPS) is 10.3. The minimum atomic E-state index is -0.532. The van der Waals surface area contributed by atoms with Crippen LogP contribution in [0.4, 0.5) is 0 Å². The Labute approximate surface area is 127 Å². The first-order chi connectivity index (χ1) is 10.4. The summed E-state index contributed by atoms with van der Waals surface area (Å²) < 4.78 is 0. The molecule has 0 heterocycles. The molecule has 0 radical (unpaired) electrons. The van der Waals surface area contributed by atoms with E-state index < -0.39 is 7.92 Å². The van der Waals surface area contributed by atoms with E-state index in [1.54, 1.807) is 0 Å². The first-order valence-electron chi connectivity index (χ1n) is 6.85. The van der Waals surface area contributed by atoms with Gasteiger partial charge in [0.1, 0.15) is 0 Å². The quantitative estimate of drug-likeness (QED) is 0.511. The Bertz CT molecular complexity index is 698. The summed E-state index contributed by atoms with van der Waals surface area (Å²) in [4.78, 5) is 0. The van der Waals surface area contributed by atoms with Crippen LogP contribution in [0.15, 0.2) is 84.9 Å². The van der Waals surface area contributed by atoms with Gasteiger partial charge < -0.3 is 0 Å². The smallest absolute Gasteiger partial charge is 0.0243 e. The Hall–Kier alpha value is -2.35. The van der Waals surface area contributed by atoms with E-state index in [1.807, 2.05) is 12.1 Å². The van der Waals surface area contributed by atoms with Gasteiger partial charge in [0.05, 0.1) is 0 Å². The van der Waals surface area contributed by atoms with E-state index in [0.717, 1.165) is 5.56 Å². The second-order valence-corrected chi connectivity index (χ2v) is 6.92. The molecule has 0 unspecified atom stereocenters. The molecule has 21 heavy (non-hydrogen) atoms. The van der Waals surface area contributed by atoms with Crippen molar-refractivity contribution in [2.75, 3.05) is 0 Å². The third-order valence-corrected chi connectivity index (χ3v) is 5.76. The molecule has 0 aliphatic rings. The summed E-state index contributed by atoms with van der Waals surface area (Å²) >= 11 is 0. The highest BCUT2D eigenvalue weighted by Gasteiger charge is 2.15. The zero-order chi connectivity index (χ0) is 14.5. The Morgan fingerprint density at radius 3 is 1.43 bits per heavy atom. The molecule has 0 N–H and O–H groups in total. The van der Waals surface area contributed by atoms with Crippen LogP contribution in [0, 0.1) is 12.3 Å². The predicted molar refractivity (Wildman–Crippen MR) is 93.1 cm³/mol. The van der Waals surface area contributed by atoms with Gasteiger partial charge in [0.2, 0.25) is 0 Å². The summed E-state index contributed by atoms with van der Waals surface area (Å²) in [5.41, 5.74) is 0.926.